The minimum Gasteiger partial charge on any atom is -0.461 e. The van der Waals surface area contributed by atoms with Crippen LogP contribution in [-0.4, -0.2) is 12.5 Å². The van der Waals surface area contributed by atoms with E-state index in [4.69, 9.17) is 10.00 Å². The highest BCUT2D eigenvalue weighted by Crippen LogP contribution is 2.47. The molecule has 4 rings (SSSR count). The molecule has 0 atom stereocenters. The zero-order valence-electron chi connectivity index (χ0n) is 15.2. The smallest absolute Gasteiger partial charge is 0.307 e. The van der Waals surface area contributed by atoms with Gasteiger partial charge in [0.1, 0.15) is 6.61 Å². The lowest BCUT2D eigenvalue weighted by Crippen LogP contribution is -2.24. The second-order valence-corrected chi connectivity index (χ2v) is 7.49. The summed E-state index contributed by atoms with van der Waals surface area (Å²) in [7, 11) is 0. The van der Waals surface area contributed by atoms with Crippen molar-refractivity contribution in [3.05, 3.63) is 83.9 Å². The van der Waals surface area contributed by atoms with Crippen LogP contribution < -0.4 is 4.90 Å². The Kier molecular flexibility index (Phi) is 5.31. The van der Waals surface area contributed by atoms with Crippen LogP contribution in [0.5, 0.6) is 0 Å². The Balaban J connectivity index is 1.41. The summed E-state index contributed by atoms with van der Waals surface area (Å²) < 4.78 is 5.41. The van der Waals surface area contributed by atoms with E-state index in [1.54, 1.807) is 36.0 Å². The predicted molar refractivity (Wildman–Crippen MR) is 110 cm³/mol. The summed E-state index contributed by atoms with van der Waals surface area (Å²) in [6.07, 6.45) is 0.295. The highest BCUT2D eigenvalue weighted by molar-refractivity contribution is 7.99. The lowest BCUT2D eigenvalue weighted by atomic mass is 10.1. The highest BCUT2D eigenvalue weighted by Gasteiger charge is 2.23. The van der Waals surface area contributed by atoms with Crippen molar-refractivity contribution >= 4 is 29.1 Å². The normalized spacial score (nSPS) is 11.9. The number of carbonyl (C=O) groups excluding carboxylic acids is 1. The van der Waals surface area contributed by atoms with E-state index < -0.39 is 0 Å². The molecule has 0 bridgehead atoms. The Morgan fingerprint density at radius 2 is 1.54 bits per heavy atom. The first-order valence-electron chi connectivity index (χ1n) is 9.03. The maximum atomic E-state index is 12.3. The van der Waals surface area contributed by atoms with Gasteiger partial charge in [-0.3, -0.25) is 4.79 Å². The minimum absolute atomic E-state index is 0.216. The third kappa shape index (κ3) is 3.88. The van der Waals surface area contributed by atoms with Crippen LogP contribution >= 0.6 is 11.8 Å². The van der Waals surface area contributed by atoms with E-state index in [2.05, 4.69) is 35.2 Å². The molecule has 138 valence electrons. The molecule has 0 N–H and O–H groups in total. The number of ether oxygens (including phenoxy) is 1. The van der Waals surface area contributed by atoms with Crippen LogP contribution in [0.25, 0.3) is 0 Å². The zero-order chi connectivity index (χ0) is 19.3. The molecule has 0 radical (unpaired) electrons. The molecule has 4 nitrogen and oxygen atoms in total. The quantitative estimate of drug-likeness (QED) is 0.557. The number of esters is 1. The second kappa shape index (κ2) is 8.20. The molecule has 0 saturated heterocycles. The first kappa shape index (κ1) is 18.1. The third-order valence-electron chi connectivity index (χ3n) is 4.55. The maximum absolute atomic E-state index is 12.3. The largest absolute Gasteiger partial charge is 0.461 e. The molecule has 28 heavy (non-hydrogen) atoms. The SMILES string of the molecule is N#Cc1ccc(COC(=O)CCN2c3ccccc3Sc3ccccc32)cc1. The fourth-order valence-electron chi connectivity index (χ4n) is 3.14. The van der Waals surface area contributed by atoms with Gasteiger partial charge in [0.2, 0.25) is 0 Å². The Bertz CT molecular complexity index is 995. The van der Waals surface area contributed by atoms with Crippen molar-refractivity contribution in [3.8, 4) is 6.07 Å². The Labute approximate surface area is 168 Å². The molecular formula is C23H18N2O2S. The van der Waals surface area contributed by atoms with Crippen LogP contribution in [0, 0.1) is 11.3 Å². The summed E-state index contributed by atoms with van der Waals surface area (Å²) in [6, 6.07) is 25.6. The summed E-state index contributed by atoms with van der Waals surface area (Å²) in [6.45, 7) is 0.772. The number of rotatable bonds is 5. The number of fused-ring (bicyclic) bond motifs is 2. The topological polar surface area (TPSA) is 53.3 Å². The van der Waals surface area contributed by atoms with Crippen molar-refractivity contribution in [3.63, 3.8) is 0 Å². The average molecular weight is 386 g/mol. The van der Waals surface area contributed by atoms with Gasteiger partial charge in [0.25, 0.3) is 0 Å². The van der Waals surface area contributed by atoms with Crippen molar-refractivity contribution in [1.82, 2.24) is 0 Å². The van der Waals surface area contributed by atoms with Crippen molar-refractivity contribution in [1.29, 1.82) is 5.26 Å². The summed E-state index contributed by atoms with van der Waals surface area (Å²) in [5.74, 6) is -0.238. The molecule has 0 amide bonds. The highest BCUT2D eigenvalue weighted by atomic mass is 32.2. The van der Waals surface area contributed by atoms with E-state index in [1.165, 1.54) is 9.79 Å². The first-order valence-corrected chi connectivity index (χ1v) is 9.84. The molecule has 1 aliphatic heterocycles. The Morgan fingerprint density at radius 3 is 2.14 bits per heavy atom. The zero-order valence-corrected chi connectivity index (χ0v) is 16.0. The molecule has 1 aliphatic rings. The summed E-state index contributed by atoms with van der Waals surface area (Å²) >= 11 is 1.75. The van der Waals surface area contributed by atoms with Gasteiger partial charge in [-0.25, -0.2) is 0 Å². The standard InChI is InChI=1S/C23H18N2O2S/c24-15-17-9-11-18(12-10-17)16-27-23(26)13-14-25-19-5-1-3-7-21(19)28-22-8-4-2-6-20(22)25/h1-12H,13-14,16H2. The lowest BCUT2D eigenvalue weighted by Gasteiger charge is -2.32. The molecule has 3 aromatic rings. The molecule has 0 spiro atoms. The van der Waals surface area contributed by atoms with Crippen molar-refractivity contribution < 1.29 is 9.53 Å². The summed E-state index contributed by atoms with van der Waals surface area (Å²) in [5.41, 5.74) is 3.70. The van der Waals surface area contributed by atoms with Gasteiger partial charge in [-0.1, -0.05) is 48.2 Å². The number of para-hydroxylation sites is 2. The van der Waals surface area contributed by atoms with Gasteiger partial charge < -0.3 is 9.64 Å². The van der Waals surface area contributed by atoms with E-state index in [0.29, 0.717) is 18.5 Å². The van der Waals surface area contributed by atoms with E-state index in [1.807, 2.05) is 24.3 Å². The van der Waals surface area contributed by atoms with Crippen LogP contribution in [0.1, 0.15) is 17.5 Å². The number of hydrogen-bond donors (Lipinski definition) is 0. The molecule has 0 aromatic heterocycles. The number of benzene rings is 3. The van der Waals surface area contributed by atoms with Crippen LogP contribution in [-0.2, 0) is 16.1 Å². The first-order chi connectivity index (χ1) is 13.7. The third-order valence-corrected chi connectivity index (χ3v) is 5.68. The van der Waals surface area contributed by atoms with E-state index >= 15 is 0 Å². The maximum Gasteiger partial charge on any atom is 0.307 e. The fraction of sp³-hybridized carbons (Fsp3) is 0.130. The van der Waals surface area contributed by atoms with E-state index in [-0.39, 0.29) is 12.6 Å². The van der Waals surface area contributed by atoms with Crippen LogP contribution in [0.15, 0.2) is 82.6 Å². The van der Waals surface area contributed by atoms with Gasteiger partial charge in [-0.15, -0.1) is 0 Å². The minimum atomic E-state index is -0.238. The van der Waals surface area contributed by atoms with Crippen LogP contribution in [0.3, 0.4) is 0 Å². The molecule has 0 fully saturated rings. The second-order valence-electron chi connectivity index (χ2n) is 6.41. The van der Waals surface area contributed by atoms with E-state index in [9.17, 15) is 4.79 Å². The van der Waals surface area contributed by atoms with Gasteiger partial charge in [0, 0.05) is 16.3 Å². The average Bonchev–Trinajstić information content (AvgIpc) is 2.75. The van der Waals surface area contributed by atoms with Crippen molar-refractivity contribution in [2.24, 2.45) is 0 Å². The Morgan fingerprint density at radius 1 is 0.929 bits per heavy atom. The molecular weight excluding hydrogens is 368 g/mol. The predicted octanol–water partition coefficient (Wildman–Crippen LogP) is 5.29. The van der Waals surface area contributed by atoms with Gasteiger partial charge in [0.15, 0.2) is 0 Å². The molecule has 0 saturated carbocycles. The van der Waals surface area contributed by atoms with Gasteiger partial charge >= 0.3 is 5.97 Å². The summed E-state index contributed by atoms with van der Waals surface area (Å²) in [5, 5.41) is 8.84. The molecule has 3 aromatic carbocycles. The summed E-state index contributed by atoms with van der Waals surface area (Å²) in [4.78, 5) is 16.9. The molecule has 0 aliphatic carbocycles. The number of hydrogen-bond acceptors (Lipinski definition) is 5. The fourth-order valence-corrected chi connectivity index (χ4v) is 4.23. The van der Waals surface area contributed by atoms with Crippen LogP contribution in [0.2, 0.25) is 0 Å². The number of anilines is 2. The van der Waals surface area contributed by atoms with Crippen LogP contribution in [0.4, 0.5) is 11.4 Å². The van der Waals surface area contributed by atoms with Crippen molar-refractivity contribution in [2.75, 3.05) is 11.4 Å². The Hall–Kier alpha value is -3.23. The van der Waals surface area contributed by atoms with Gasteiger partial charge in [-0.2, -0.15) is 5.26 Å². The number of carbonyl (C=O) groups is 1. The van der Waals surface area contributed by atoms with Crippen molar-refractivity contribution in [2.45, 2.75) is 22.8 Å². The van der Waals surface area contributed by atoms with Gasteiger partial charge in [0.05, 0.1) is 29.4 Å². The molecule has 0 unspecified atom stereocenters. The number of nitriles is 1. The molecule has 1 heterocycles. The number of nitrogens with zero attached hydrogens (tertiary/aromatic N) is 2. The molecule has 5 heteroatoms. The van der Waals surface area contributed by atoms with Gasteiger partial charge in [-0.05, 0) is 42.0 Å². The lowest BCUT2D eigenvalue weighted by molar-refractivity contribution is -0.144. The monoisotopic (exact) mass is 386 g/mol. The van der Waals surface area contributed by atoms with E-state index in [0.717, 1.165) is 16.9 Å².